The Morgan fingerprint density at radius 3 is 2.26 bits per heavy atom. The first-order valence-electron chi connectivity index (χ1n) is 7.25. The second-order valence-electron chi connectivity index (χ2n) is 5.29. The molecular weight excluding hydrogens is 352 g/mol. The molecule has 0 bridgehead atoms. The molecule has 2 aromatic carbocycles. The Hall–Kier alpha value is -2.59. The zero-order valence-corrected chi connectivity index (χ0v) is 13.7. The summed E-state index contributed by atoms with van der Waals surface area (Å²) in [6, 6.07) is 21.3. The maximum atomic E-state index is 9.53. The quantitative estimate of drug-likeness (QED) is 0.534. The summed E-state index contributed by atoms with van der Waals surface area (Å²) in [5, 5.41) is 9.53. The summed E-state index contributed by atoms with van der Waals surface area (Å²) in [6.45, 7) is 0. The second kappa shape index (κ2) is 5.56. The molecule has 0 aliphatic heterocycles. The Morgan fingerprint density at radius 2 is 1.52 bits per heavy atom. The van der Waals surface area contributed by atoms with Gasteiger partial charge in [0.05, 0.1) is 11.4 Å². The van der Waals surface area contributed by atoms with Gasteiger partial charge in [-0.15, -0.1) is 0 Å². The molecule has 23 heavy (non-hydrogen) atoms. The Morgan fingerprint density at radius 1 is 0.826 bits per heavy atom. The molecule has 0 aliphatic carbocycles. The van der Waals surface area contributed by atoms with Crippen molar-refractivity contribution in [3.8, 4) is 28.3 Å². The number of fused-ring (bicyclic) bond motifs is 1. The molecule has 0 amide bonds. The van der Waals surface area contributed by atoms with E-state index < -0.39 is 0 Å². The smallest absolute Gasteiger partial charge is 0.137 e. The molecule has 0 fully saturated rings. The minimum atomic E-state index is 0.253. The summed E-state index contributed by atoms with van der Waals surface area (Å²) in [6.07, 6.45) is 2.02. The van der Waals surface area contributed by atoms with Gasteiger partial charge in [-0.25, -0.2) is 4.98 Å². The van der Waals surface area contributed by atoms with E-state index in [9.17, 15) is 5.11 Å². The van der Waals surface area contributed by atoms with Crippen LogP contribution in [0, 0.1) is 0 Å². The van der Waals surface area contributed by atoms with Gasteiger partial charge in [0.2, 0.25) is 0 Å². The average molecular weight is 365 g/mol. The van der Waals surface area contributed by atoms with Gasteiger partial charge in [-0.2, -0.15) is 0 Å². The first kappa shape index (κ1) is 14.0. The van der Waals surface area contributed by atoms with E-state index >= 15 is 0 Å². The number of nitrogens with zero attached hydrogens (tertiary/aromatic N) is 2. The summed E-state index contributed by atoms with van der Waals surface area (Å²) in [5.74, 6) is 0.253. The van der Waals surface area contributed by atoms with Gasteiger partial charge in [0.15, 0.2) is 0 Å². The van der Waals surface area contributed by atoms with Gasteiger partial charge in [0, 0.05) is 21.8 Å². The highest BCUT2D eigenvalue weighted by Crippen LogP contribution is 2.33. The van der Waals surface area contributed by atoms with Gasteiger partial charge < -0.3 is 5.11 Å². The SMILES string of the molecule is Oc1ccc(-c2nc3ccccn3c2-c2ccc(Br)cc2)cc1. The standard InChI is InChI=1S/C19H13BrN2O/c20-15-8-4-14(5-9-15)19-18(13-6-10-16(23)11-7-13)21-17-3-1-2-12-22(17)19/h1-12,23H. The lowest BCUT2D eigenvalue weighted by molar-refractivity contribution is 0.475. The number of aromatic nitrogens is 2. The number of hydrogen-bond acceptors (Lipinski definition) is 2. The van der Waals surface area contributed by atoms with Crippen molar-refractivity contribution in [1.82, 2.24) is 9.38 Å². The fraction of sp³-hybridized carbons (Fsp3) is 0. The molecule has 0 spiro atoms. The first-order chi connectivity index (χ1) is 11.2. The Kier molecular flexibility index (Phi) is 3.39. The summed E-state index contributed by atoms with van der Waals surface area (Å²) < 4.78 is 3.13. The van der Waals surface area contributed by atoms with E-state index in [1.165, 1.54) is 0 Å². The molecule has 2 aromatic heterocycles. The van der Waals surface area contributed by atoms with Crippen LogP contribution in [0.15, 0.2) is 77.4 Å². The number of benzene rings is 2. The van der Waals surface area contributed by atoms with Crippen LogP contribution in [0.5, 0.6) is 5.75 Å². The largest absolute Gasteiger partial charge is 0.508 e. The Balaban J connectivity index is 2.01. The van der Waals surface area contributed by atoms with Gasteiger partial charge in [0.1, 0.15) is 11.4 Å². The highest BCUT2D eigenvalue weighted by molar-refractivity contribution is 9.10. The van der Waals surface area contributed by atoms with Gasteiger partial charge in [0.25, 0.3) is 0 Å². The van der Waals surface area contributed by atoms with E-state index in [0.717, 1.165) is 32.6 Å². The van der Waals surface area contributed by atoms with Crippen LogP contribution in [0.4, 0.5) is 0 Å². The van der Waals surface area contributed by atoms with Crippen molar-refractivity contribution in [3.63, 3.8) is 0 Å². The minimum Gasteiger partial charge on any atom is -0.508 e. The highest BCUT2D eigenvalue weighted by Gasteiger charge is 2.15. The second-order valence-corrected chi connectivity index (χ2v) is 6.21. The van der Waals surface area contributed by atoms with E-state index in [2.05, 4.69) is 32.5 Å². The van der Waals surface area contributed by atoms with Crippen LogP contribution in [-0.4, -0.2) is 14.5 Å². The predicted octanol–water partition coefficient (Wildman–Crippen LogP) is 5.14. The van der Waals surface area contributed by atoms with Gasteiger partial charge in [-0.3, -0.25) is 4.40 Å². The van der Waals surface area contributed by atoms with Gasteiger partial charge in [-0.1, -0.05) is 34.1 Å². The van der Waals surface area contributed by atoms with Gasteiger partial charge in [-0.05, 0) is 48.5 Å². The third-order valence-corrected chi connectivity index (χ3v) is 4.32. The topological polar surface area (TPSA) is 37.5 Å². The molecule has 112 valence electrons. The third-order valence-electron chi connectivity index (χ3n) is 3.79. The highest BCUT2D eigenvalue weighted by atomic mass is 79.9. The normalized spacial score (nSPS) is 11.0. The van der Waals surface area contributed by atoms with Crippen molar-refractivity contribution < 1.29 is 5.11 Å². The monoisotopic (exact) mass is 364 g/mol. The molecule has 0 saturated carbocycles. The average Bonchev–Trinajstić information content (AvgIpc) is 2.96. The third kappa shape index (κ3) is 2.51. The molecule has 4 rings (SSSR count). The predicted molar refractivity (Wildman–Crippen MR) is 95.4 cm³/mol. The Labute approximate surface area is 142 Å². The van der Waals surface area contributed by atoms with Crippen LogP contribution in [0.2, 0.25) is 0 Å². The van der Waals surface area contributed by atoms with E-state index in [1.54, 1.807) is 12.1 Å². The maximum absolute atomic E-state index is 9.53. The molecule has 0 unspecified atom stereocenters. The van der Waals surface area contributed by atoms with Crippen LogP contribution in [0.25, 0.3) is 28.2 Å². The van der Waals surface area contributed by atoms with Crippen LogP contribution in [-0.2, 0) is 0 Å². The van der Waals surface area contributed by atoms with Crippen LogP contribution >= 0.6 is 15.9 Å². The van der Waals surface area contributed by atoms with Crippen molar-refractivity contribution in [2.75, 3.05) is 0 Å². The number of pyridine rings is 1. The molecule has 1 N–H and O–H groups in total. The maximum Gasteiger partial charge on any atom is 0.137 e. The zero-order valence-electron chi connectivity index (χ0n) is 12.1. The lowest BCUT2D eigenvalue weighted by atomic mass is 10.0. The summed E-state index contributed by atoms with van der Waals surface area (Å²) in [4.78, 5) is 4.78. The van der Waals surface area contributed by atoms with E-state index in [-0.39, 0.29) is 5.75 Å². The fourth-order valence-electron chi connectivity index (χ4n) is 2.70. The molecule has 0 saturated heterocycles. The number of imidazole rings is 1. The van der Waals surface area contributed by atoms with Crippen molar-refractivity contribution in [1.29, 1.82) is 0 Å². The fourth-order valence-corrected chi connectivity index (χ4v) is 2.96. The molecule has 0 radical (unpaired) electrons. The Bertz CT molecular complexity index is 973. The summed E-state index contributed by atoms with van der Waals surface area (Å²) >= 11 is 3.48. The summed E-state index contributed by atoms with van der Waals surface area (Å²) in [7, 11) is 0. The van der Waals surface area contributed by atoms with Crippen molar-refractivity contribution in [2.24, 2.45) is 0 Å². The van der Waals surface area contributed by atoms with Crippen molar-refractivity contribution in [2.45, 2.75) is 0 Å². The molecule has 2 heterocycles. The number of hydrogen-bond donors (Lipinski definition) is 1. The first-order valence-corrected chi connectivity index (χ1v) is 8.04. The molecular formula is C19H13BrN2O. The van der Waals surface area contributed by atoms with E-state index in [1.807, 2.05) is 48.7 Å². The number of halogens is 1. The zero-order chi connectivity index (χ0) is 15.8. The molecule has 4 heteroatoms. The number of aromatic hydroxyl groups is 1. The van der Waals surface area contributed by atoms with Crippen molar-refractivity contribution in [3.05, 3.63) is 77.4 Å². The summed E-state index contributed by atoms with van der Waals surface area (Å²) in [5.41, 5.74) is 4.91. The number of phenolic OH excluding ortho intramolecular Hbond substituents is 1. The van der Waals surface area contributed by atoms with E-state index in [0.29, 0.717) is 0 Å². The minimum absolute atomic E-state index is 0.253. The van der Waals surface area contributed by atoms with Gasteiger partial charge >= 0.3 is 0 Å². The van der Waals surface area contributed by atoms with E-state index in [4.69, 9.17) is 4.98 Å². The number of phenols is 1. The molecule has 0 aliphatic rings. The lowest BCUT2D eigenvalue weighted by Gasteiger charge is -2.06. The van der Waals surface area contributed by atoms with Crippen LogP contribution in [0.3, 0.4) is 0 Å². The van der Waals surface area contributed by atoms with Crippen molar-refractivity contribution >= 4 is 21.6 Å². The van der Waals surface area contributed by atoms with Crippen LogP contribution < -0.4 is 0 Å². The lowest BCUT2D eigenvalue weighted by Crippen LogP contribution is -1.89. The van der Waals surface area contributed by atoms with Crippen LogP contribution in [0.1, 0.15) is 0 Å². The molecule has 4 aromatic rings. The number of rotatable bonds is 2. The molecule has 3 nitrogen and oxygen atoms in total. The molecule has 0 atom stereocenters.